The highest BCUT2D eigenvalue weighted by atomic mass is 35.5. The lowest BCUT2D eigenvalue weighted by Crippen LogP contribution is -1.80. The van der Waals surface area contributed by atoms with E-state index >= 15 is 0 Å². The third kappa shape index (κ3) is 1.70. The van der Waals surface area contributed by atoms with E-state index in [4.69, 9.17) is 11.6 Å². The molecular formula is C11H8ClN. The summed E-state index contributed by atoms with van der Waals surface area (Å²) in [6.45, 7) is 0. The lowest BCUT2D eigenvalue weighted by atomic mass is 10.1. The van der Waals surface area contributed by atoms with Crippen LogP contribution >= 0.6 is 11.6 Å². The topological polar surface area (TPSA) is 12.9 Å². The van der Waals surface area contributed by atoms with Crippen LogP contribution in [0, 0.1) is 0 Å². The van der Waals surface area contributed by atoms with E-state index in [-0.39, 0.29) is 0 Å². The molecule has 1 aromatic heterocycles. The third-order valence-corrected chi connectivity index (χ3v) is 2.15. The van der Waals surface area contributed by atoms with Gasteiger partial charge in [0.25, 0.3) is 0 Å². The summed E-state index contributed by atoms with van der Waals surface area (Å²) in [6.07, 6.45) is 1.69. The van der Waals surface area contributed by atoms with Crippen molar-refractivity contribution in [3.63, 3.8) is 0 Å². The van der Waals surface area contributed by atoms with Gasteiger partial charge in [-0.25, -0.2) is 4.98 Å². The van der Waals surface area contributed by atoms with Gasteiger partial charge in [0.15, 0.2) is 0 Å². The van der Waals surface area contributed by atoms with E-state index in [1.165, 1.54) is 0 Å². The molecule has 1 heterocycles. The molecule has 0 bridgehead atoms. The zero-order chi connectivity index (χ0) is 9.10. The molecule has 1 nitrogen and oxygen atoms in total. The number of hydrogen-bond acceptors (Lipinski definition) is 1. The smallest absolute Gasteiger partial charge is 0.136 e. The monoisotopic (exact) mass is 189 g/mol. The quantitative estimate of drug-likeness (QED) is 0.627. The Balaban J connectivity index is 2.54. The van der Waals surface area contributed by atoms with Crippen LogP contribution in [0.15, 0.2) is 48.7 Å². The van der Waals surface area contributed by atoms with Crippen molar-refractivity contribution >= 4 is 11.6 Å². The molecular weight excluding hydrogens is 182 g/mol. The summed E-state index contributed by atoms with van der Waals surface area (Å²) < 4.78 is 0. The van der Waals surface area contributed by atoms with Crippen molar-refractivity contribution in [1.82, 2.24) is 4.98 Å². The van der Waals surface area contributed by atoms with Crippen molar-refractivity contribution in [2.24, 2.45) is 0 Å². The summed E-state index contributed by atoms with van der Waals surface area (Å²) in [5.41, 5.74) is 2.07. The summed E-state index contributed by atoms with van der Waals surface area (Å²) in [6, 6.07) is 13.8. The Morgan fingerprint density at radius 1 is 0.923 bits per heavy atom. The summed E-state index contributed by atoms with van der Waals surface area (Å²) in [5, 5.41) is 0.550. The second-order valence-electron chi connectivity index (χ2n) is 2.71. The Kier molecular flexibility index (Phi) is 2.28. The van der Waals surface area contributed by atoms with Gasteiger partial charge in [-0.15, -0.1) is 0 Å². The molecule has 0 N–H and O–H groups in total. The SMILES string of the molecule is Clc1ncccc1-c1ccccc1. The highest BCUT2D eigenvalue weighted by molar-refractivity contribution is 6.32. The van der Waals surface area contributed by atoms with Crippen molar-refractivity contribution < 1.29 is 0 Å². The minimum atomic E-state index is 0.550. The van der Waals surface area contributed by atoms with Crippen molar-refractivity contribution in [2.45, 2.75) is 0 Å². The van der Waals surface area contributed by atoms with Gasteiger partial charge in [0.1, 0.15) is 5.15 Å². The molecule has 0 aliphatic heterocycles. The molecule has 2 aromatic rings. The summed E-state index contributed by atoms with van der Waals surface area (Å²) in [5.74, 6) is 0. The van der Waals surface area contributed by atoms with Crippen molar-refractivity contribution in [1.29, 1.82) is 0 Å². The van der Waals surface area contributed by atoms with Gasteiger partial charge < -0.3 is 0 Å². The fraction of sp³-hybridized carbons (Fsp3) is 0. The van der Waals surface area contributed by atoms with Gasteiger partial charge in [-0.1, -0.05) is 41.9 Å². The van der Waals surface area contributed by atoms with Gasteiger partial charge >= 0.3 is 0 Å². The number of benzene rings is 1. The first-order valence-electron chi connectivity index (χ1n) is 4.04. The first-order valence-corrected chi connectivity index (χ1v) is 4.41. The molecule has 0 saturated heterocycles. The lowest BCUT2D eigenvalue weighted by molar-refractivity contribution is 1.33. The van der Waals surface area contributed by atoms with Gasteiger partial charge in [-0.3, -0.25) is 0 Å². The van der Waals surface area contributed by atoms with E-state index in [2.05, 4.69) is 4.98 Å². The molecule has 13 heavy (non-hydrogen) atoms. The second kappa shape index (κ2) is 3.58. The van der Waals surface area contributed by atoms with E-state index < -0.39 is 0 Å². The molecule has 2 rings (SSSR count). The molecule has 0 fully saturated rings. The molecule has 0 aliphatic rings. The fourth-order valence-electron chi connectivity index (χ4n) is 1.22. The highest BCUT2D eigenvalue weighted by Gasteiger charge is 2.01. The van der Waals surface area contributed by atoms with E-state index in [0.717, 1.165) is 11.1 Å². The van der Waals surface area contributed by atoms with Crippen LogP contribution < -0.4 is 0 Å². The molecule has 0 unspecified atom stereocenters. The van der Waals surface area contributed by atoms with Crippen molar-refractivity contribution in [3.8, 4) is 11.1 Å². The predicted octanol–water partition coefficient (Wildman–Crippen LogP) is 3.40. The first-order chi connectivity index (χ1) is 6.38. The highest BCUT2D eigenvalue weighted by Crippen LogP contribution is 2.24. The number of nitrogens with zero attached hydrogens (tertiary/aromatic N) is 1. The molecule has 0 radical (unpaired) electrons. The van der Waals surface area contributed by atoms with E-state index in [0.29, 0.717) is 5.15 Å². The van der Waals surface area contributed by atoms with Gasteiger partial charge in [0.2, 0.25) is 0 Å². The molecule has 0 atom stereocenters. The summed E-state index contributed by atoms with van der Waals surface area (Å²) >= 11 is 5.95. The molecule has 0 amide bonds. The van der Waals surface area contributed by atoms with E-state index in [1.54, 1.807) is 6.20 Å². The Hall–Kier alpha value is -1.34. The number of halogens is 1. The minimum absolute atomic E-state index is 0.550. The van der Waals surface area contributed by atoms with Gasteiger partial charge in [-0.2, -0.15) is 0 Å². The van der Waals surface area contributed by atoms with Crippen LogP contribution in [0.2, 0.25) is 5.15 Å². The maximum Gasteiger partial charge on any atom is 0.136 e. The summed E-state index contributed by atoms with van der Waals surface area (Å²) in [7, 11) is 0. The average molecular weight is 190 g/mol. The second-order valence-corrected chi connectivity index (χ2v) is 3.07. The van der Waals surface area contributed by atoms with Gasteiger partial charge in [0.05, 0.1) is 0 Å². The zero-order valence-electron chi connectivity index (χ0n) is 6.94. The number of pyridine rings is 1. The number of rotatable bonds is 1. The standard InChI is InChI=1S/C11H8ClN/c12-11-10(7-4-8-13-11)9-5-2-1-3-6-9/h1-8H. The third-order valence-electron chi connectivity index (χ3n) is 1.84. The van der Waals surface area contributed by atoms with Gasteiger partial charge in [0, 0.05) is 11.8 Å². The molecule has 0 aliphatic carbocycles. The maximum atomic E-state index is 5.95. The van der Waals surface area contributed by atoms with Crippen LogP contribution in [-0.2, 0) is 0 Å². The molecule has 2 heteroatoms. The Labute approximate surface area is 82.0 Å². The Morgan fingerprint density at radius 3 is 2.38 bits per heavy atom. The fourth-order valence-corrected chi connectivity index (χ4v) is 1.45. The lowest BCUT2D eigenvalue weighted by Gasteiger charge is -2.01. The van der Waals surface area contributed by atoms with Gasteiger partial charge in [-0.05, 0) is 17.7 Å². The van der Waals surface area contributed by atoms with E-state index in [1.807, 2.05) is 42.5 Å². The zero-order valence-corrected chi connectivity index (χ0v) is 7.70. The van der Waals surface area contributed by atoms with Crippen molar-refractivity contribution in [2.75, 3.05) is 0 Å². The molecule has 0 saturated carbocycles. The number of hydrogen-bond donors (Lipinski definition) is 0. The molecule has 0 spiro atoms. The van der Waals surface area contributed by atoms with Crippen LogP contribution in [0.5, 0.6) is 0 Å². The van der Waals surface area contributed by atoms with Crippen LogP contribution in [0.25, 0.3) is 11.1 Å². The predicted molar refractivity (Wildman–Crippen MR) is 54.7 cm³/mol. The van der Waals surface area contributed by atoms with Crippen LogP contribution in [0.1, 0.15) is 0 Å². The largest absolute Gasteiger partial charge is 0.244 e. The van der Waals surface area contributed by atoms with Crippen LogP contribution in [-0.4, -0.2) is 4.98 Å². The Morgan fingerprint density at radius 2 is 1.69 bits per heavy atom. The van der Waals surface area contributed by atoms with E-state index in [9.17, 15) is 0 Å². The normalized spacial score (nSPS) is 9.92. The van der Waals surface area contributed by atoms with Crippen molar-refractivity contribution in [3.05, 3.63) is 53.8 Å². The molecule has 64 valence electrons. The first kappa shape index (κ1) is 8.27. The molecule has 1 aromatic carbocycles. The maximum absolute atomic E-state index is 5.95. The van der Waals surface area contributed by atoms with Crippen LogP contribution in [0.4, 0.5) is 0 Å². The Bertz CT molecular complexity index is 398. The average Bonchev–Trinajstić information content (AvgIpc) is 2.20. The number of aromatic nitrogens is 1. The van der Waals surface area contributed by atoms with Crippen LogP contribution in [0.3, 0.4) is 0 Å². The minimum Gasteiger partial charge on any atom is -0.244 e. The summed E-state index contributed by atoms with van der Waals surface area (Å²) in [4.78, 5) is 4.02.